The van der Waals surface area contributed by atoms with Crippen molar-refractivity contribution in [3.63, 3.8) is 0 Å². The van der Waals surface area contributed by atoms with Gasteiger partial charge in [-0.3, -0.25) is 4.79 Å². The Balaban J connectivity index is 1.68. The van der Waals surface area contributed by atoms with Crippen LogP contribution in [0.4, 0.5) is 13.2 Å². The molecule has 5 nitrogen and oxygen atoms in total. The molecule has 0 saturated heterocycles. The highest BCUT2D eigenvalue weighted by atomic mass is 35.5. The van der Waals surface area contributed by atoms with Gasteiger partial charge in [0.05, 0.1) is 5.92 Å². The summed E-state index contributed by atoms with van der Waals surface area (Å²) >= 11 is 5.92. The van der Waals surface area contributed by atoms with E-state index in [1.165, 1.54) is 0 Å². The Morgan fingerprint density at radius 3 is 2.36 bits per heavy atom. The van der Waals surface area contributed by atoms with Crippen LogP contribution >= 0.6 is 11.6 Å². The lowest BCUT2D eigenvalue weighted by atomic mass is 9.81. The molecule has 0 aliphatic heterocycles. The van der Waals surface area contributed by atoms with Crippen LogP contribution in [0.1, 0.15) is 37.4 Å². The molecule has 0 amide bonds. The second-order valence-corrected chi connectivity index (χ2v) is 7.65. The maximum absolute atomic E-state index is 12.9. The maximum Gasteiger partial charge on any atom is 0.391 e. The second-order valence-electron chi connectivity index (χ2n) is 7.21. The van der Waals surface area contributed by atoms with Gasteiger partial charge >= 0.3 is 6.18 Å². The molecule has 0 atom stereocenters. The van der Waals surface area contributed by atoms with Crippen molar-refractivity contribution in [1.82, 2.24) is 19.5 Å². The van der Waals surface area contributed by atoms with E-state index in [0.717, 1.165) is 5.56 Å². The molecule has 0 unspecified atom stereocenters. The van der Waals surface area contributed by atoms with E-state index in [4.69, 9.17) is 11.6 Å². The summed E-state index contributed by atoms with van der Waals surface area (Å²) in [7, 11) is 1.76. The topological polar surface area (TPSA) is 63.6 Å². The van der Waals surface area contributed by atoms with Gasteiger partial charge in [-0.2, -0.15) is 13.2 Å². The van der Waals surface area contributed by atoms with E-state index in [2.05, 4.69) is 15.0 Å². The second kappa shape index (κ2) is 6.92. The summed E-state index contributed by atoms with van der Waals surface area (Å²) in [5.41, 5.74) is 1.03. The van der Waals surface area contributed by atoms with Gasteiger partial charge in [0.2, 0.25) is 0 Å². The predicted molar refractivity (Wildman–Crippen MR) is 100 cm³/mol. The lowest BCUT2D eigenvalue weighted by Gasteiger charge is -2.29. The van der Waals surface area contributed by atoms with E-state index in [1.807, 2.05) is 0 Å². The molecule has 28 heavy (non-hydrogen) atoms. The summed E-state index contributed by atoms with van der Waals surface area (Å²) in [6, 6.07) is 7.07. The first kappa shape index (κ1) is 19.0. The first-order valence-electron chi connectivity index (χ1n) is 9.03. The van der Waals surface area contributed by atoms with E-state index < -0.39 is 12.1 Å². The van der Waals surface area contributed by atoms with Crippen LogP contribution in [0.3, 0.4) is 0 Å². The summed E-state index contributed by atoms with van der Waals surface area (Å²) in [5, 5.41) is 0.593. The number of alkyl halides is 3. The van der Waals surface area contributed by atoms with E-state index in [-0.39, 0.29) is 29.8 Å². The van der Waals surface area contributed by atoms with E-state index in [1.54, 1.807) is 35.9 Å². The lowest BCUT2D eigenvalue weighted by molar-refractivity contribution is -0.182. The van der Waals surface area contributed by atoms with Gasteiger partial charge < -0.3 is 9.55 Å². The van der Waals surface area contributed by atoms with Gasteiger partial charge in [-0.05, 0) is 49.9 Å². The van der Waals surface area contributed by atoms with Gasteiger partial charge in [0.1, 0.15) is 11.6 Å². The Labute approximate surface area is 163 Å². The van der Waals surface area contributed by atoms with Gasteiger partial charge in [0.25, 0.3) is 5.56 Å². The minimum atomic E-state index is -4.16. The Bertz CT molecular complexity index is 1060. The number of rotatable bonds is 2. The number of aromatic amines is 1. The fourth-order valence-corrected chi connectivity index (χ4v) is 3.96. The highest BCUT2D eigenvalue weighted by molar-refractivity contribution is 6.30. The Kier molecular flexibility index (Phi) is 4.69. The number of aromatic nitrogens is 4. The van der Waals surface area contributed by atoms with Gasteiger partial charge in [-0.1, -0.05) is 11.6 Å². The molecule has 4 rings (SSSR count). The third-order valence-corrected chi connectivity index (χ3v) is 5.68. The van der Waals surface area contributed by atoms with Crippen molar-refractivity contribution in [3.8, 4) is 11.4 Å². The molecular weight excluding hydrogens is 393 g/mol. The number of H-pyrrole nitrogens is 1. The van der Waals surface area contributed by atoms with Crippen LogP contribution in [0.2, 0.25) is 5.02 Å². The number of fused-ring (bicyclic) bond motifs is 1. The van der Waals surface area contributed by atoms with Crippen LogP contribution in [0.15, 0.2) is 29.1 Å². The number of hydrogen-bond acceptors (Lipinski definition) is 3. The summed E-state index contributed by atoms with van der Waals surface area (Å²) in [5.74, 6) is -0.455. The molecule has 2 heterocycles. The van der Waals surface area contributed by atoms with Gasteiger partial charge in [0, 0.05) is 23.6 Å². The fraction of sp³-hybridized carbons (Fsp3) is 0.421. The molecule has 1 aliphatic carbocycles. The van der Waals surface area contributed by atoms with Crippen molar-refractivity contribution in [2.45, 2.75) is 37.8 Å². The molecule has 1 fully saturated rings. The van der Waals surface area contributed by atoms with Crippen LogP contribution < -0.4 is 5.56 Å². The van der Waals surface area contributed by atoms with Crippen LogP contribution in [-0.2, 0) is 7.05 Å². The van der Waals surface area contributed by atoms with Gasteiger partial charge in [-0.25, -0.2) is 9.97 Å². The quantitative estimate of drug-likeness (QED) is 0.659. The number of halogens is 4. The summed E-state index contributed by atoms with van der Waals surface area (Å²) in [4.78, 5) is 24.2. The van der Waals surface area contributed by atoms with Gasteiger partial charge in [0.15, 0.2) is 11.2 Å². The molecule has 1 N–H and O–H groups in total. The Hall–Kier alpha value is -2.35. The molecule has 2 aromatic heterocycles. The molecule has 1 aliphatic rings. The first-order valence-corrected chi connectivity index (χ1v) is 9.41. The molecule has 148 valence electrons. The predicted octanol–water partition coefficient (Wildman–Crippen LogP) is 4.81. The number of imidazole rings is 1. The van der Waals surface area contributed by atoms with Crippen LogP contribution in [0.25, 0.3) is 22.6 Å². The van der Waals surface area contributed by atoms with E-state index >= 15 is 0 Å². The third-order valence-electron chi connectivity index (χ3n) is 5.43. The van der Waals surface area contributed by atoms with Crippen LogP contribution in [-0.4, -0.2) is 25.7 Å². The monoisotopic (exact) mass is 410 g/mol. The smallest absolute Gasteiger partial charge is 0.312 e. The van der Waals surface area contributed by atoms with Crippen molar-refractivity contribution in [3.05, 3.63) is 45.5 Å². The number of nitrogens with zero attached hydrogens (tertiary/aromatic N) is 3. The Morgan fingerprint density at radius 2 is 1.75 bits per heavy atom. The van der Waals surface area contributed by atoms with Crippen molar-refractivity contribution < 1.29 is 13.2 Å². The molecule has 1 saturated carbocycles. The molecule has 1 aromatic carbocycles. The summed E-state index contributed by atoms with van der Waals surface area (Å²) in [6.45, 7) is 0. The summed E-state index contributed by atoms with van der Waals surface area (Å²) in [6.07, 6.45) is -3.36. The van der Waals surface area contributed by atoms with Crippen molar-refractivity contribution in [2.24, 2.45) is 13.0 Å². The van der Waals surface area contributed by atoms with E-state index in [0.29, 0.717) is 35.2 Å². The molecule has 0 spiro atoms. The minimum absolute atomic E-state index is 0.0529. The van der Waals surface area contributed by atoms with Crippen LogP contribution in [0.5, 0.6) is 0 Å². The highest BCUT2D eigenvalue weighted by Crippen LogP contribution is 2.42. The maximum atomic E-state index is 12.9. The van der Waals surface area contributed by atoms with Crippen molar-refractivity contribution >= 4 is 22.8 Å². The number of nitrogens with one attached hydrogen (secondary N) is 1. The number of hydrogen-bond donors (Lipinski definition) is 1. The standard InChI is InChI=1S/C19H18ClF3N4O/c1-27-16(11-4-8-13(20)9-5-11)24-14-17(27)25-15(26-18(14)28)10-2-6-12(7-3-10)19(21,22)23/h4-5,8-10,12H,2-3,6-7H2,1H3,(H,25,26,28). The fourth-order valence-electron chi connectivity index (χ4n) is 3.83. The molecular formula is C19H18ClF3N4O. The van der Waals surface area contributed by atoms with Gasteiger partial charge in [-0.15, -0.1) is 0 Å². The van der Waals surface area contributed by atoms with E-state index in [9.17, 15) is 18.0 Å². The van der Waals surface area contributed by atoms with Crippen molar-refractivity contribution in [2.75, 3.05) is 0 Å². The molecule has 3 aromatic rings. The molecule has 0 bridgehead atoms. The zero-order chi connectivity index (χ0) is 20.1. The summed E-state index contributed by atoms with van der Waals surface area (Å²) < 4.78 is 40.4. The minimum Gasteiger partial charge on any atom is -0.312 e. The lowest BCUT2D eigenvalue weighted by Crippen LogP contribution is -2.28. The molecule has 0 radical (unpaired) electrons. The Morgan fingerprint density at radius 1 is 1.11 bits per heavy atom. The zero-order valence-electron chi connectivity index (χ0n) is 15.1. The number of benzene rings is 1. The zero-order valence-corrected chi connectivity index (χ0v) is 15.8. The molecule has 9 heteroatoms. The average Bonchev–Trinajstić information content (AvgIpc) is 2.99. The number of aryl methyl sites for hydroxylation is 1. The third kappa shape index (κ3) is 3.41. The van der Waals surface area contributed by atoms with Crippen LogP contribution in [0, 0.1) is 5.92 Å². The largest absolute Gasteiger partial charge is 0.391 e. The first-order chi connectivity index (χ1) is 13.2. The average molecular weight is 411 g/mol. The van der Waals surface area contributed by atoms with Crippen molar-refractivity contribution in [1.29, 1.82) is 0 Å². The highest BCUT2D eigenvalue weighted by Gasteiger charge is 2.42. The SMILES string of the molecule is Cn1c(-c2ccc(Cl)cc2)nc2c(=O)[nH]c(C3CCC(C(F)(F)F)CC3)nc21. The normalized spacial score (nSPS) is 20.6.